The molecule has 0 saturated carbocycles. The van der Waals surface area contributed by atoms with Crippen LogP contribution in [-0.4, -0.2) is 25.0 Å². The summed E-state index contributed by atoms with van der Waals surface area (Å²) in [5, 5.41) is 0. The van der Waals surface area contributed by atoms with E-state index < -0.39 is 0 Å². The Morgan fingerprint density at radius 3 is 2.71 bits per heavy atom. The fraction of sp³-hybridized carbons (Fsp3) is 0.250. The van der Waals surface area contributed by atoms with Gasteiger partial charge in [-0.3, -0.25) is 4.79 Å². The van der Waals surface area contributed by atoms with Crippen molar-refractivity contribution in [3.05, 3.63) is 47.7 Å². The zero-order chi connectivity index (χ0) is 14.8. The lowest BCUT2D eigenvalue weighted by Crippen LogP contribution is -2.20. The smallest absolute Gasteiger partial charge is 0.212 e. The first-order chi connectivity index (χ1) is 10.2. The van der Waals surface area contributed by atoms with Gasteiger partial charge in [-0.1, -0.05) is 0 Å². The van der Waals surface area contributed by atoms with Gasteiger partial charge in [0.25, 0.3) is 0 Å². The van der Waals surface area contributed by atoms with Crippen LogP contribution in [0.3, 0.4) is 0 Å². The van der Waals surface area contributed by atoms with E-state index in [9.17, 15) is 4.79 Å². The van der Waals surface area contributed by atoms with Crippen LogP contribution in [-0.2, 0) is 0 Å². The largest absolute Gasteiger partial charge is 0.497 e. The first kappa shape index (κ1) is 13.4. The van der Waals surface area contributed by atoms with E-state index in [0.29, 0.717) is 29.4 Å². The number of aromatic nitrogens is 1. The lowest BCUT2D eigenvalue weighted by molar-refractivity contribution is 0.0849. The Bertz CT molecular complexity index is 666. The van der Waals surface area contributed by atoms with Gasteiger partial charge in [0.1, 0.15) is 17.6 Å². The summed E-state index contributed by atoms with van der Waals surface area (Å²) < 4.78 is 16.1. The number of ketones is 1. The minimum atomic E-state index is -0.337. The second-order valence-corrected chi connectivity index (χ2v) is 4.73. The van der Waals surface area contributed by atoms with E-state index in [1.165, 1.54) is 0 Å². The number of hydrogen-bond donors (Lipinski definition) is 0. The summed E-state index contributed by atoms with van der Waals surface area (Å²) in [6.07, 6.45) is 1.63. The van der Waals surface area contributed by atoms with Crippen LogP contribution >= 0.6 is 0 Å². The summed E-state index contributed by atoms with van der Waals surface area (Å²) in [7, 11) is 3.14. The molecule has 0 N–H and O–H groups in total. The second kappa shape index (κ2) is 5.44. The summed E-state index contributed by atoms with van der Waals surface area (Å²) >= 11 is 0. The van der Waals surface area contributed by atoms with Crippen molar-refractivity contribution in [1.82, 2.24) is 4.98 Å². The van der Waals surface area contributed by atoms with E-state index in [4.69, 9.17) is 14.2 Å². The molecule has 0 saturated heterocycles. The van der Waals surface area contributed by atoms with Gasteiger partial charge in [0, 0.05) is 23.9 Å². The van der Waals surface area contributed by atoms with Gasteiger partial charge in [-0.25, -0.2) is 4.98 Å². The molecule has 0 spiro atoms. The van der Waals surface area contributed by atoms with Crippen LogP contribution in [0.25, 0.3) is 0 Å². The van der Waals surface area contributed by atoms with Crippen LogP contribution in [0.1, 0.15) is 28.4 Å². The molecule has 2 heterocycles. The number of carbonyl (C=O) groups is 1. The molecule has 1 aliphatic heterocycles. The Balaban J connectivity index is 1.90. The van der Waals surface area contributed by atoms with Gasteiger partial charge in [-0.15, -0.1) is 0 Å². The topological polar surface area (TPSA) is 57.6 Å². The maximum Gasteiger partial charge on any atom is 0.212 e. The summed E-state index contributed by atoms with van der Waals surface area (Å²) in [6, 6.07) is 8.84. The third-order valence-electron chi connectivity index (χ3n) is 3.47. The third-order valence-corrected chi connectivity index (χ3v) is 3.47. The molecule has 5 nitrogen and oxygen atoms in total. The summed E-state index contributed by atoms with van der Waals surface area (Å²) in [5.74, 6) is 1.80. The highest BCUT2D eigenvalue weighted by molar-refractivity contribution is 6.00. The Morgan fingerprint density at radius 2 is 2.05 bits per heavy atom. The van der Waals surface area contributed by atoms with Gasteiger partial charge in [0.2, 0.25) is 5.88 Å². The Hall–Kier alpha value is -2.56. The molecule has 1 aromatic heterocycles. The molecular weight excluding hydrogens is 270 g/mol. The third kappa shape index (κ3) is 2.54. The summed E-state index contributed by atoms with van der Waals surface area (Å²) in [5.41, 5.74) is 1.44. The highest BCUT2D eigenvalue weighted by atomic mass is 16.5. The molecule has 1 atom stereocenters. The Morgan fingerprint density at radius 1 is 1.19 bits per heavy atom. The molecule has 21 heavy (non-hydrogen) atoms. The second-order valence-electron chi connectivity index (χ2n) is 4.73. The average molecular weight is 285 g/mol. The SMILES string of the molecule is COc1ccc2c(c1)OC(c1ccc(OC)nc1)CC2=O. The Labute approximate surface area is 122 Å². The zero-order valence-corrected chi connectivity index (χ0v) is 11.8. The number of benzene rings is 1. The molecule has 1 unspecified atom stereocenters. The van der Waals surface area contributed by atoms with Gasteiger partial charge < -0.3 is 14.2 Å². The van der Waals surface area contributed by atoms with E-state index in [1.54, 1.807) is 44.7 Å². The quantitative estimate of drug-likeness (QED) is 0.868. The molecule has 1 aromatic carbocycles. The standard InChI is InChI=1S/C16H15NO4/c1-19-11-4-5-12-13(18)8-14(21-15(12)7-11)10-3-6-16(20-2)17-9-10/h3-7,9,14H,8H2,1-2H3. The van der Waals surface area contributed by atoms with Crippen molar-refractivity contribution in [2.75, 3.05) is 14.2 Å². The van der Waals surface area contributed by atoms with Crippen molar-refractivity contribution < 1.29 is 19.0 Å². The highest BCUT2D eigenvalue weighted by Crippen LogP contribution is 2.36. The predicted octanol–water partition coefficient (Wildman–Crippen LogP) is 2.81. The van der Waals surface area contributed by atoms with E-state index in [-0.39, 0.29) is 11.9 Å². The predicted molar refractivity (Wildman–Crippen MR) is 76.1 cm³/mol. The maximum atomic E-state index is 12.2. The normalized spacial score (nSPS) is 16.9. The number of ether oxygens (including phenoxy) is 3. The highest BCUT2D eigenvalue weighted by Gasteiger charge is 2.28. The number of rotatable bonds is 3. The van der Waals surface area contributed by atoms with Gasteiger partial charge in [-0.2, -0.15) is 0 Å². The molecule has 2 aromatic rings. The number of carbonyl (C=O) groups excluding carboxylic acids is 1. The monoisotopic (exact) mass is 285 g/mol. The van der Waals surface area contributed by atoms with Crippen molar-refractivity contribution in [3.8, 4) is 17.4 Å². The van der Waals surface area contributed by atoms with Crippen molar-refractivity contribution in [3.63, 3.8) is 0 Å². The van der Waals surface area contributed by atoms with Crippen LogP contribution in [0, 0.1) is 0 Å². The summed E-state index contributed by atoms with van der Waals surface area (Å²) in [4.78, 5) is 16.4. The maximum absolute atomic E-state index is 12.2. The van der Waals surface area contributed by atoms with E-state index in [2.05, 4.69) is 4.98 Å². The fourth-order valence-corrected chi connectivity index (χ4v) is 2.32. The summed E-state index contributed by atoms with van der Waals surface area (Å²) in [6.45, 7) is 0. The van der Waals surface area contributed by atoms with E-state index >= 15 is 0 Å². The minimum Gasteiger partial charge on any atom is -0.497 e. The van der Waals surface area contributed by atoms with Crippen LogP contribution in [0.5, 0.6) is 17.4 Å². The van der Waals surface area contributed by atoms with Crippen LogP contribution in [0.2, 0.25) is 0 Å². The molecule has 5 heteroatoms. The van der Waals surface area contributed by atoms with Gasteiger partial charge in [0.15, 0.2) is 5.78 Å². The van der Waals surface area contributed by atoms with Crippen molar-refractivity contribution in [1.29, 1.82) is 0 Å². The molecule has 3 rings (SSSR count). The molecule has 0 radical (unpaired) electrons. The molecule has 0 fully saturated rings. The van der Waals surface area contributed by atoms with Crippen LogP contribution in [0.15, 0.2) is 36.5 Å². The minimum absolute atomic E-state index is 0.0553. The number of hydrogen-bond acceptors (Lipinski definition) is 5. The molecular formula is C16H15NO4. The lowest BCUT2D eigenvalue weighted by Gasteiger charge is -2.25. The van der Waals surface area contributed by atoms with E-state index in [0.717, 1.165) is 5.56 Å². The van der Waals surface area contributed by atoms with Crippen LogP contribution in [0.4, 0.5) is 0 Å². The molecule has 1 aliphatic rings. The van der Waals surface area contributed by atoms with Crippen LogP contribution < -0.4 is 14.2 Å². The lowest BCUT2D eigenvalue weighted by atomic mass is 9.97. The Kier molecular flexibility index (Phi) is 3.48. The van der Waals surface area contributed by atoms with Gasteiger partial charge >= 0.3 is 0 Å². The van der Waals surface area contributed by atoms with Gasteiger partial charge in [-0.05, 0) is 18.2 Å². The van der Waals surface area contributed by atoms with Crippen molar-refractivity contribution in [2.24, 2.45) is 0 Å². The average Bonchev–Trinajstić information content (AvgIpc) is 2.54. The van der Waals surface area contributed by atoms with E-state index in [1.807, 2.05) is 6.07 Å². The van der Waals surface area contributed by atoms with Crippen molar-refractivity contribution >= 4 is 5.78 Å². The molecule has 0 amide bonds. The van der Waals surface area contributed by atoms with Gasteiger partial charge in [0.05, 0.1) is 26.2 Å². The van der Waals surface area contributed by atoms with Crippen molar-refractivity contribution in [2.45, 2.75) is 12.5 Å². The number of pyridine rings is 1. The number of methoxy groups -OCH3 is 2. The molecule has 0 bridgehead atoms. The zero-order valence-electron chi connectivity index (χ0n) is 11.8. The first-order valence-electron chi connectivity index (χ1n) is 6.59. The number of fused-ring (bicyclic) bond motifs is 1. The molecule has 108 valence electrons. The first-order valence-corrected chi connectivity index (χ1v) is 6.59. The molecule has 0 aliphatic carbocycles. The fourth-order valence-electron chi connectivity index (χ4n) is 2.32. The number of nitrogens with zero attached hydrogens (tertiary/aromatic N) is 1. The number of Topliss-reactive ketones (excluding diaryl/α,β-unsaturated/α-hetero) is 1.